The van der Waals surface area contributed by atoms with Crippen LogP contribution < -0.4 is 0 Å². The van der Waals surface area contributed by atoms with E-state index in [2.05, 4.69) is 20.0 Å². The van der Waals surface area contributed by atoms with Crippen LogP contribution in [0.4, 0.5) is 5.95 Å². The first-order valence-electron chi connectivity index (χ1n) is 4.89. The van der Waals surface area contributed by atoms with Gasteiger partial charge in [-0.15, -0.1) is 0 Å². The molecule has 0 radical (unpaired) electrons. The SMILES string of the molecule is [N-]=[N+]=Nc1nc(Cl)c(C=O)c(-c2ccccc2)n1. The van der Waals surface area contributed by atoms with Gasteiger partial charge in [0.15, 0.2) is 6.29 Å². The fraction of sp³-hybridized carbons (Fsp3) is 0. The molecule has 18 heavy (non-hydrogen) atoms. The van der Waals surface area contributed by atoms with E-state index in [-0.39, 0.29) is 16.7 Å². The Morgan fingerprint density at radius 3 is 2.61 bits per heavy atom. The van der Waals surface area contributed by atoms with E-state index in [4.69, 9.17) is 17.1 Å². The van der Waals surface area contributed by atoms with Gasteiger partial charge in [-0.3, -0.25) is 4.79 Å². The highest BCUT2D eigenvalue weighted by atomic mass is 35.5. The van der Waals surface area contributed by atoms with Gasteiger partial charge in [-0.1, -0.05) is 41.9 Å². The summed E-state index contributed by atoms with van der Waals surface area (Å²) in [5.74, 6) is -0.119. The maximum atomic E-state index is 11.0. The fourth-order valence-electron chi connectivity index (χ4n) is 1.44. The number of carbonyl (C=O) groups is 1. The molecule has 88 valence electrons. The lowest BCUT2D eigenvalue weighted by atomic mass is 10.1. The van der Waals surface area contributed by atoms with E-state index in [1.807, 2.05) is 6.07 Å². The molecule has 0 aliphatic carbocycles. The fourth-order valence-corrected chi connectivity index (χ4v) is 1.65. The molecule has 0 saturated carbocycles. The van der Waals surface area contributed by atoms with Crippen LogP contribution in [0.1, 0.15) is 10.4 Å². The molecule has 0 aliphatic heterocycles. The molecule has 6 nitrogen and oxygen atoms in total. The van der Waals surface area contributed by atoms with Crippen molar-refractivity contribution in [3.05, 3.63) is 51.5 Å². The van der Waals surface area contributed by atoms with Crippen LogP contribution >= 0.6 is 11.6 Å². The minimum Gasteiger partial charge on any atom is -0.298 e. The summed E-state index contributed by atoms with van der Waals surface area (Å²) < 4.78 is 0. The van der Waals surface area contributed by atoms with Crippen molar-refractivity contribution in [2.24, 2.45) is 5.11 Å². The summed E-state index contributed by atoms with van der Waals surface area (Å²) in [6, 6.07) is 8.97. The zero-order valence-electron chi connectivity index (χ0n) is 8.99. The van der Waals surface area contributed by atoms with Gasteiger partial charge in [0.05, 0.1) is 11.3 Å². The van der Waals surface area contributed by atoms with Crippen molar-refractivity contribution in [2.45, 2.75) is 0 Å². The first-order valence-corrected chi connectivity index (χ1v) is 5.27. The first-order chi connectivity index (χ1) is 8.76. The van der Waals surface area contributed by atoms with Gasteiger partial charge in [0.1, 0.15) is 5.15 Å². The maximum Gasteiger partial charge on any atom is 0.218 e. The van der Waals surface area contributed by atoms with E-state index in [1.165, 1.54) is 0 Å². The van der Waals surface area contributed by atoms with Crippen molar-refractivity contribution in [2.75, 3.05) is 0 Å². The normalized spacial score (nSPS) is 9.61. The third-order valence-corrected chi connectivity index (χ3v) is 2.47. The lowest BCUT2D eigenvalue weighted by Crippen LogP contribution is -1.96. The molecule has 1 aromatic carbocycles. The maximum absolute atomic E-state index is 11.0. The van der Waals surface area contributed by atoms with E-state index >= 15 is 0 Å². The van der Waals surface area contributed by atoms with Crippen molar-refractivity contribution < 1.29 is 4.79 Å². The average molecular weight is 260 g/mol. The average Bonchev–Trinajstić information content (AvgIpc) is 2.39. The highest BCUT2D eigenvalue weighted by molar-refractivity contribution is 6.32. The topological polar surface area (TPSA) is 91.6 Å². The van der Waals surface area contributed by atoms with Crippen LogP contribution in [0, 0.1) is 0 Å². The zero-order chi connectivity index (χ0) is 13.0. The first kappa shape index (κ1) is 12.0. The molecular formula is C11H6ClN5O. The number of hydrogen-bond acceptors (Lipinski definition) is 4. The van der Waals surface area contributed by atoms with Gasteiger partial charge in [0.25, 0.3) is 0 Å². The zero-order valence-corrected chi connectivity index (χ0v) is 9.74. The molecule has 2 aromatic rings. The van der Waals surface area contributed by atoms with Gasteiger partial charge in [-0.25, -0.2) is 9.97 Å². The summed E-state index contributed by atoms with van der Waals surface area (Å²) in [6.45, 7) is 0. The molecule has 0 N–H and O–H groups in total. The van der Waals surface area contributed by atoms with E-state index in [9.17, 15) is 4.79 Å². The summed E-state index contributed by atoms with van der Waals surface area (Å²) in [4.78, 5) is 21.4. The monoisotopic (exact) mass is 259 g/mol. The minimum atomic E-state index is -0.119. The van der Waals surface area contributed by atoms with E-state index in [1.54, 1.807) is 24.3 Å². The highest BCUT2D eigenvalue weighted by Crippen LogP contribution is 2.27. The van der Waals surface area contributed by atoms with E-state index in [0.717, 1.165) is 0 Å². The number of rotatable bonds is 3. The summed E-state index contributed by atoms with van der Waals surface area (Å²) in [7, 11) is 0. The smallest absolute Gasteiger partial charge is 0.218 e. The Hall–Kier alpha value is -2.43. The molecule has 0 fully saturated rings. The predicted molar refractivity (Wildman–Crippen MR) is 66.7 cm³/mol. The number of hydrogen-bond donors (Lipinski definition) is 0. The molecule has 0 saturated heterocycles. The van der Waals surface area contributed by atoms with Crippen molar-refractivity contribution in [3.63, 3.8) is 0 Å². The van der Waals surface area contributed by atoms with Crippen LogP contribution in [0.2, 0.25) is 5.15 Å². The van der Waals surface area contributed by atoms with Gasteiger partial charge in [-0.05, 0) is 10.6 Å². The second-order valence-corrected chi connectivity index (χ2v) is 3.61. The number of nitrogens with zero attached hydrogens (tertiary/aromatic N) is 5. The van der Waals surface area contributed by atoms with E-state index < -0.39 is 0 Å². The standard InChI is InChI=1S/C11H6ClN5O/c12-10-8(6-18)9(7-4-2-1-3-5-7)14-11(15-10)16-17-13/h1-6H. The lowest BCUT2D eigenvalue weighted by Gasteiger charge is -2.06. The van der Waals surface area contributed by atoms with Crippen molar-refractivity contribution in [3.8, 4) is 11.3 Å². The molecule has 0 spiro atoms. The van der Waals surface area contributed by atoms with E-state index in [0.29, 0.717) is 17.5 Å². The molecular weight excluding hydrogens is 254 g/mol. The summed E-state index contributed by atoms with van der Waals surface area (Å²) >= 11 is 5.85. The molecule has 0 unspecified atom stereocenters. The van der Waals surface area contributed by atoms with Gasteiger partial charge >= 0.3 is 0 Å². The van der Waals surface area contributed by atoms with Crippen molar-refractivity contribution >= 4 is 23.8 Å². The molecule has 1 aromatic heterocycles. The number of aldehydes is 1. The Kier molecular flexibility index (Phi) is 3.52. The Labute approximate surface area is 107 Å². The van der Waals surface area contributed by atoms with Crippen LogP contribution in [0.5, 0.6) is 0 Å². The highest BCUT2D eigenvalue weighted by Gasteiger charge is 2.13. The number of halogens is 1. The summed E-state index contributed by atoms with van der Waals surface area (Å²) in [6.07, 6.45) is 0.574. The molecule has 0 amide bonds. The van der Waals surface area contributed by atoms with Crippen LogP contribution in [-0.4, -0.2) is 16.3 Å². The molecule has 7 heteroatoms. The molecule has 0 aliphatic rings. The number of aromatic nitrogens is 2. The van der Waals surface area contributed by atoms with Crippen molar-refractivity contribution in [1.29, 1.82) is 0 Å². The molecule has 2 rings (SSSR count). The molecule has 1 heterocycles. The largest absolute Gasteiger partial charge is 0.298 e. The van der Waals surface area contributed by atoms with Crippen LogP contribution in [-0.2, 0) is 0 Å². The number of carbonyl (C=O) groups excluding carboxylic acids is 1. The van der Waals surface area contributed by atoms with Gasteiger partial charge in [0.2, 0.25) is 5.95 Å². The number of benzene rings is 1. The second kappa shape index (κ2) is 5.27. The predicted octanol–water partition coefficient (Wildman–Crippen LogP) is 3.55. The number of azide groups is 1. The van der Waals surface area contributed by atoms with Crippen LogP contribution in [0.25, 0.3) is 21.7 Å². The molecule has 0 bridgehead atoms. The second-order valence-electron chi connectivity index (χ2n) is 3.25. The lowest BCUT2D eigenvalue weighted by molar-refractivity contribution is 0.112. The quantitative estimate of drug-likeness (QED) is 0.277. The third-order valence-electron chi connectivity index (χ3n) is 2.19. The van der Waals surface area contributed by atoms with Gasteiger partial charge in [0, 0.05) is 10.5 Å². The Morgan fingerprint density at radius 2 is 2.00 bits per heavy atom. The van der Waals surface area contributed by atoms with Crippen molar-refractivity contribution in [1.82, 2.24) is 9.97 Å². The Balaban J connectivity index is 2.71. The minimum absolute atomic E-state index is 0.0405. The summed E-state index contributed by atoms with van der Waals surface area (Å²) in [5.41, 5.74) is 9.56. The van der Waals surface area contributed by atoms with Crippen LogP contribution in [0.3, 0.4) is 0 Å². The van der Waals surface area contributed by atoms with Crippen LogP contribution in [0.15, 0.2) is 35.4 Å². The Bertz CT molecular complexity index is 637. The summed E-state index contributed by atoms with van der Waals surface area (Å²) in [5, 5.41) is 3.25. The third kappa shape index (κ3) is 2.29. The van der Waals surface area contributed by atoms with Gasteiger partial charge < -0.3 is 0 Å². The Morgan fingerprint density at radius 1 is 1.28 bits per heavy atom. The molecule has 0 atom stereocenters. The van der Waals surface area contributed by atoms with Gasteiger partial charge in [-0.2, -0.15) is 0 Å².